The van der Waals surface area contributed by atoms with Gasteiger partial charge in [-0.05, 0) is 18.5 Å². The molecule has 1 aromatic carbocycles. The van der Waals surface area contributed by atoms with Gasteiger partial charge in [-0.25, -0.2) is 0 Å². The maximum atomic E-state index is 6.35. The predicted molar refractivity (Wildman–Crippen MR) is 61.8 cm³/mol. The van der Waals surface area contributed by atoms with Gasteiger partial charge in [0.05, 0.1) is 0 Å². The average Bonchev–Trinajstić information content (AvgIpc) is 2.30. The summed E-state index contributed by atoms with van der Waals surface area (Å²) in [4.78, 5) is 0. The molecule has 0 saturated heterocycles. The summed E-state index contributed by atoms with van der Waals surface area (Å²) < 4.78 is 1.98. The van der Waals surface area contributed by atoms with Gasteiger partial charge in [0.15, 0.2) is 12.4 Å². The molecule has 0 saturated carbocycles. The molecule has 0 aliphatic heterocycles. The fourth-order valence-corrected chi connectivity index (χ4v) is 1.74. The number of hydrogen-bond acceptors (Lipinski definition) is 0. The molecule has 1 aromatic heterocycles. The fourth-order valence-electron chi connectivity index (χ4n) is 1.46. The highest BCUT2D eigenvalue weighted by atomic mass is 35.5. The van der Waals surface area contributed by atoms with Crippen molar-refractivity contribution in [3.63, 3.8) is 0 Å². The maximum absolute atomic E-state index is 6.35. The second-order valence-corrected chi connectivity index (χ2v) is 3.98. The summed E-state index contributed by atoms with van der Waals surface area (Å²) in [6.45, 7) is 2.07. The first-order valence-electron chi connectivity index (χ1n) is 4.94. The molecule has 2 rings (SSSR count). The van der Waals surface area contributed by atoms with E-state index in [1.54, 1.807) is 0 Å². The van der Waals surface area contributed by atoms with Crippen LogP contribution in [0.5, 0.6) is 0 Å². The summed E-state index contributed by atoms with van der Waals surface area (Å²) in [5.74, 6) is 0. The van der Waals surface area contributed by atoms with Gasteiger partial charge in [0.2, 0.25) is 0 Å². The van der Waals surface area contributed by atoms with Crippen molar-refractivity contribution in [1.29, 1.82) is 0 Å². The van der Waals surface area contributed by atoms with Crippen LogP contribution in [0.15, 0.2) is 54.9 Å². The van der Waals surface area contributed by atoms with E-state index in [4.69, 9.17) is 11.6 Å². The van der Waals surface area contributed by atoms with Crippen molar-refractivity contribution in [1.82, 2.24) is 0 Å². The molecule has 0 spiro atoms. The van der Waals surface area contributed by atoms with E-state index in [0.717, 1.165) is 5.56 Å². The molecular formula is C13H13ClN+. The molecule has 0 aliphatic rings. The Morgan fingerprint density at radius 2 is 1.60 bits per heavy atom. The Labute approximate surface area is 95.0 Å². The van der Waals surface area contributed by atoms with E-state index < -0.39 is 0 Å². The Kier molecular flexibility index (Phi) is 3.02. The van der Waals surface area contributed by atoms with E-state index in [0.29, 0.717) is 0 Å². The van der Waals surface area contributed by atoms with Crippen LogP contribution in [0.3, 0.4) is 0 Å². The predicted octanol–water partition coefficient (Wildman–Crippen LogP) is 3.07. The largest absolute Gasteiger partial charge is 0.258 e. The number of benzene rings is 1. The quantitative estimate of drug-likeness (QED) is 0.539. The molecule has 0 unspecified atom stereocenters. The summed E-state index contributed by atoms with van der Waals surface area (Å²) in [5.41, 5.74) is 2.23. The van der Waals surface area contributed by atoms with E-state index in [1.807, 2.05) is 35.2 Å². The first kappa shape index (κ1) is 10.2. The van der Waals surface area contributed by atoms with Crippen LogP contribution in [0.25, 0.3) is 0 Å². The highest BCUT2D eigenvalue weighted by molar-refractivity contribution is 6.19. The van der Waals surface area contributed by atoms with Crippen LogP contribution in [0, 0.1) is 6.92 Å². The number of rotatable bonds is 2. The van der Waals surface area contributed by atoms with Crippen molar-refractivity contribution < 1.29 is 4.57 Å². The van der Waals surface area contributed by atoms with E-state index >= 15 is 0 Å². The van der Waals surface area contributed by atoms with Crippen molar-refractivity contribution in [3.05, 3.63) is 66.0 Å². The van der Waals surface area contributed by atoms with Crippen LogP contribution in [-0.2, 0) is 0 Å². The molecule has 1 nitrogen and oxygen atoms in total. The van der Waals surface area contributed by atoms with Gasteiger partial charge in [0.25, 0.3) is 5.50 Å². The van der Waals surface area contributed by atoms with Crippen molar-refractivity contribution in [2.24, 2.45) is 0 Å². The number of aromatic nitrogens is 1. The Bertz CT molecular complexity index is 422. The number of pyridine rings is 1. The topological polar surface area (TPSA) is 3.88 Å². The van der Waals surface area contributed by atoms with E-state index in [2.05, 4.69) is 31.2 Å². The van der Waals surface area contributed by atoms with E-state index in [-0.39, 0.29) is 5.50 Å². The minimum absolute atomic E-state index is 0.133. The Balaban J connectivity index is 2.29. The first-order valence-corrected chi connectivity index (χ1v) is 5.37. The van der Waals surface area contributed by atoms with Crippen LogP contribution in [-0.4, -0.2) is 0 Å². The molecule has 0 N–H and O–H groups in total. The van der Waals surface area contributed by atoms with Gasteiger partial charge >= 0.3 is 0 Å². The lowest BCUT2D eigenvalue weighted by molar-refractivity contribution is -0.694. The second kappa shape index (κ2) is 4.45. The normalized spacial score (nSPS) is 12.4. The summed E-state index contributed by atoms with van der Waals surface area (Å²) in [6, 6.07) is 14.2. The van der Waals surface area contributed by atoms with Crippen LogP contribution in [0.4, 0.5) is 0 Å². The fraction of sp³-hybridized carbons (Fsp3) is 0.154. The molecule has 2 heteroatoms. The molecule has 0 amide bonds. The molecule has 0 fully saturated rings. The van der Waals surface area contributed by atoms with Crippen molar-refractivity contribution in [3.8, 4) is 0 Å². The van der Waals surface area contributed by atoms with Gasteiger partial charge < -0.3 is 0 Å². The third-order valence-corrected chi connectivity index (χ3v) is 2.83. The molecule has 1 atom stereocenters. The second-order valence-electron chi connectivity index (χ2n) is 3.57. The Hall–Kier alpha value is -1.34. The highest BCUT2D eigenvalue weighted by Crippen LogP contribution is 2.16. The molecule has 76 valence electrons. The molecule has 0 radical (unpaired) electrons. The van der Waals surface area contributed by atoms with Gasteiger partial charge in [-0.1, -0.05) is 35.9 Å². The maximum Gasteiger partial charge on any atom is 0.258 e. The highest BCUT2D eigenvalue weighted by Gasteiger charge is 2.15. The van der Waals surface area contributed by atoms with Crippen LogP contribution < -0.4 is 4.57 Å². The number of aryl methyl sites for hydroxylation is 1. The van der Waals surface area contributed by atoms with Crippen LogP contribution in [0.2, 0.25) is 0 Å². The van der Waals surface area contributed by atoms with Gasteiger partial charge in [-0.2, -0.15) is 4.57 Å². The SMILES string of the molecule is Cc1ccc([C@@H](Cl)[n+]2ccccc2)cc1. The number of hydrogen-bond donors (Lipinski definition) is 0. The van der Waals surface area contributed by atoms with Crippen molar-refractivity contribution in [2.75, 3.05) is 0 Å². The summed E-state index contributed by atoms with van der Waals surface area (Å²) in [6.07, 6.45) is 3.94. The van der Waals surface area contributed by atoms with Crippen LogP contribution >= 0.6 is 11.6 Å². The zero-order valence-electron chi connectivity index (χ0n) is 8.60. The molecule has 1 heterocycles. The number of halogens is 1. The van der Waals surface area contributed by atoms with Crippen molar-refractivity contribution >= 4 is 11.6 Å². The van der Waals surface area contributed by atoms with E-state index in [9.17, 15) is 0 Å². The summed E-state index contributed by atoms with van der Waals surface area (Å²) >= 11 is 6.35. The first-order chi connectivity index (χ1) is 7.27. The number of nitrogens with zero attached hydrogens (tertiary/aromatic N) is 1. The van der Waals surface area contributed by atoms with Gasteiger partial charge in [-0.15, -0.1) is 0 Å². The Morgan fingerprint density at radius 3 is 2.20 bits per heavy atom. The summed E-state index contributed by atoms with van der Waals surface area (Å²) in [7, 11) is 0. The molecule has 0 aliphatic carbocycles. The third kappa shape index (κ3) is 2.37. The van der Waals surface area contributed by atoms with E-state index in [1.165, 1.54) is 5.56 Å². The Morgan fingerprint density at radius 1 is 1.00 bits per heavy atom. The lowest BCUT2D eigenvalue weighted by atomic mass is 10.1. The van der Waals surface area contributed by atoms with Gasteiger partial charge in [0, 0.05) is 17.7 Å². The van der Waals surface area contributed by atoms with Gasteiger partial charge in [-0.3, -0.25) is 0 Å². The molecular weight excluding hydrogens is 206 g/mol. The third-order valence-electron chi connectivity index (χ3n) is 2.35. The standard InChI is InChI=1S/C13H13ClN/c1-11-5-7-12(8-6-11)13(14)15-9-3-2-4-10-15/h2-10,13H,1H3/q+1/t13-/m0/s1. The molecule has 2 aromatic rings. The number of alkyl halides is 1. The zero-order chi connectivity index (χ0) is 10.7. The minimum Gasteiger partial charge on any atom is -0.184 e. The smallest absolute Gasteiger partial charge is 0.184 e. The van der Waals surface area contributed by atoms with Crippen LogP contribution in [0.1, 0.15) is 16.6 Å². The van der Waals surface area contributed by atoms with Gasteiger partial charge in [0.1, 0.15) is 0 Å². The lowest BCUT2D eigenvalue weighted by Crippen LogP contribution is -2.35. The minimum atomic E-state index is -0.133. The average molecular weight is 219 g/mol. The summed E-state index contributed by atoms with van der Waals surface area (Å²) in [5, 5.41) is 0. The molecule has 0 bridgehead atoms. The zero-order valence-corrected chi connectivity index (χ0v) is 9.35. The monoisotopic (exact) mass is 218 g/mol. The molecule has 15 heavy (non-hydrogen) atoms. The lowest BCUT2D eigenvalue weighted by Gasteiger charge is -2.05. The van der Waals surface area contributed by atoms with Crippen molar-refractivity contribution in [2.45, 2.75) is 12.4 Å².